The highest BCUT2D eigenvalue weighted by Gasteiger charge is 2.35. The van der Waals surface area contributed by atoms with Gasteiger partial charge in [-0.15, -0.1) is 0 Å². The third-order valence-corrected chi connectivity index (χ3v) is 6.23. The second kappa shape index (κ2) is 9.60. The zero-order valence-corrected chi connectivity index (χ0v) is 20.4. The van der Waals surface area contributed by atoms with E-state index in [9.17, 15) is 0 Å². The number of aromatic nitrogens is 2. The van der Waals surface area contributed by atoms with Crippen molar-refractivity contribution >= 4 is 28.6 Å². The van der Waals surface area contributed by atoms with E-state index in [1.807, 2.05) is 90.7 Å². The molecular formula is C27H24N4O3S. The van der Waals surface area contributed by atoms with Crippen LogP contribution < -0.4 is 19.7 Å². The van der Waals surface area contributed by atoms with Gasteiger partial charge >= 0.3 is 0 Å². The van der Waals surface area contributed by atoms with E-state index < -0.39 is 0 Å². The monoisotopic (exact) mass is 484 g/mol. The van der Waals surface area contributed by atoms with Crippen LogP contribution in [-0.4, -0.2) is 29.5 Å². The molecule has 3 aromatic carbocycles. The lowest BCUT2D eigenvalue weighted by molar-refractivity contribution is 0.403. The number of para-hydroxylation sites is 1. The normalized spacial score (nSPS) is 15.7. The summed E-state index contributed by atoms with van der Waals surface area (Å²) in [5.41, 5.74) is 4.48. The first-order valence-electron chi connectivity index (χ1n) is 11.1. The molecule has 1 atom stereocenters. The molecule has 0 saturated carbocycles. The minimum Gasteiger partial charge on any atom is -0.497 e. The van der Waals surface area contributed by atoms with Gasteiger partial charge in [0.2, 0.25) is 5.82 Å². The van der Waals surface area contributed by atoms with E-state index in [1.165, 1.54) is 0 Å². The highest BCUT2D eigenvalue weighted by atomic mass is 32.1. The van der Waals surface area contributed by atoms with E-state index in [4.69, 9.17) is 31.2 Å². The maximum Gasteiger partial charge on any atom is 0.258 e. The predicted molar refractivity (Wildman–Crippen MR) is 139 cm³/mol. The van der Waals surface area contributed by atoms with Crippen molar-refractivity contribution in [3.8, 4) is 22.9 Å². The number of hydrogen-bond acceptors (Lipinski definition) is 6. The van der Waals surface area contributed by atoms with Crippen LogP contribution in [-0.2, 0) is 0 Å². The van der Waals surface area contributed by atoms with Crippen molar-refractivity contribution in [2.75, 3.05) is 19.1 Å². The third kappa shape index (κ3) is 4.36. The number of ether oxygens (including phenoxy) is 2. The number of nitrogens with zero attached hydrogens (tertiary/aromatic N) is 3. The zero-order chi connectivity index (χ0) is 24.4. The highest BCUT2D eigenvalue weighted by Crippen LogP contribution is 2.39. The number of benzene rings is 3. The van der Waals surface area contributed by atoms with Crippen LogP contribution in [0.25, 0.3) is 17.0 Å². The predicted octanol–water partition coefficient (Wildman–Crippen LogP) is 5.62. The Labute approximate surface area is 209 Å². The summed E-state index contributed by atoms with van der Waals surface area (Å²) in [6.07, 6.45) is 0. The van der Waals surface area contributed by atoms with Crippen LogP contribution in [0.4, 0.5) is 5.69 Å². The molecule has 1 aromatic heterocycles. The topological polar surface area (TPSA) is 72.7 Å². The summed E-state index contributed by atoms with van der Waals surface area (Å²) < 4.78 is 16.5. The van der Waals surface area contributed by atoms with Crippen molar-refractivity contribution in [1.82, 2.24) is 15.5 Å². The first-order chi connectivity index (χ1) is 17.1. The van der Waals surface area contributed by atoms with Crippen molar-refractivity contribution < 1.29 is 14.0 Å². The summed E-state index contributed by atoms with van der Waals surface area (Å²) in [6, 6.07) is 25.1. The smallest absolute Gasteiger partial charge is 0.258 e. The highest BCUT2D eigenvalue weighted by molar-refractivity contribution is 7.80. The van der Waals surface area contributed by atoms with Gasteiger partial charge in [-0.2, -0.15) is 4.98 Å². The largest absolute Gasteiger partial charge is 0.497 e. The molecule has 0 aliphatic carbocycles. The van der Waals surface area contributed by atoms with Crippen molar-refractivity contribution in [2.24, 2.45) is 0 Å². The fourth-order valence-corrected chi connectivity index (χ4v) is 4.53. The van der Waals surface area contributed by atoms with Crippen LogP contribution in [0, 0.1) is 0 Å². The van der Waals surface area contributed by atoms with Gasteiger partial charge in [-0.1, -0.05) is 35.5 Å². The van der Waals surface area contributed by atoms with E-state index in [-0.39, 0.29) is 6.04 Å². The fourth-order valence-electron chi connectivity index (χ4n) is 4.17. The van der Waals surface area contributed by atoms with E-state index in [0.29, 0.717) is 16.8 Å². The minimum atomic E-state index is -0.304. The quantitative estimate of drug-likeness (QED) is 0.354. The van der Waals surface area contributed by atoms with Gasteiger partial charge in [0.1, 0.15) is 11.5 Å². The molecule has 1 N–H and O–H groups in total. The molecule has 0 spiro atoms. The Balaban J connectivity index is 1.63. The van der Waals surface area contributed by atoms with Gasteiger partial charge in [0, 0.05) is 16.9 Å². The molecule has 5 rings (SSSR count). The summed E-state index contributed by atoms with van der Waals surface area (Å²) in [4.78, 5) is 6.75. The third-order valence-electron chi connectivity index (χ3n) is 5.93. The van der Waals surface area contributed by atoms with Gasteiger partial charge in [-0.3, -0.25) is 4.90 Å². The van der Waals surface area contributed by atoms with Crippen molar-refractivity contribution in [3.05, 3.63) is 96.0 Å². The first kappa shape index (κ1) is 22.6. The molecule has 0 radical (unpaired) electrons. The fraction of sp³-hybridized carbons (Fsp3) is 0.148. The van der Waals surface area contributed by atoms with Gasteiger partial charge in [0.25, 0.3) is 5.89 Å². The van der Waals surface area contributed by atoms with Crippen molar-refractivity contribution in [2.45, 2.75) is 13.0 Å². The lowest BCUT2D eigenvalue weighted by Crippen LogP contribution is -2.46. The van der Waals surface area contributed by atoms with Gasteiger partial charge in [0.15, 0.2) is 5.11 Å². The number of nitrogens with one attached hydrogen (secondary N) is 1. The Kier molecular flexibility index (Phi) is 6.20. The van der Waals surface area contributed by atoms with E-state index in [0.717, 1.165) is 39.6 Å². The van der Waals surface area contributed by atoms with Gasteiger partial charge in [-0.25, -0.2) is 0 Å². The molecule has 0 saturated heterocycles. The number of anilines is 1. The average Bonchev–Trinajstić information content (AvgIpc) is 3.39. The number of rotatable bonds is 6. The zero-order valence-electron chi connectivity index (χ0n) is 19.6. The van der Waals surface area contributed by atoms with Crippen LogP contribution >= 0.6 is 12.2 Å². The van der Waals surface area contributed by atoms with Crippen LogP contribution in [0.15, 0.2) is 89.1 Å². The summed E-state index contributed by atoms with van der Waals surface area (Å²) in [6.45, 7) is 2.01. The lowest BCUT2D eigenvalue weighted by atomic mass is 9.94. The summed E-state index contributed by atoms with van der Waals surface area (Å²) in [5.74, 6) is 2.42. The Hall–Kier alpha value is -4.17. The van der Waals surface area contributed by atoms with Crippen LogP contribution in [0.3, 0.4) is 0 Å². The maximum absolute atomic E-state index is 5.82. The Bertz CT molecular complexity index is 1380. The summed E-state index contributed by atoms with van der Waals surface area (Å²) in [7, 11) is 3.28. The second-order valence-electron chi connectivity index (χ2n) is 7.98. The number of thiocarbonyl (C=S) groups is 1. The summed E-state index contributed by atoms with van der Waals surface area (Å²) >= 11 is 5.80. The molecule has 1 unspecified atom stereocenters. The molecule has 0 fully saturated rings. The van der Waals surface area contributed by atoms with Gasteiger partial charge < -0.3 is 19.3 Å². The van der Waals surface area contributed by atoms with Crippen LogP contribution in [0.2, 0.25) is 0 Å². The van der Waals surface area contributed by atoms with Gasteiger partial charge in [-0.05, 0) is 73.2 Å². The number of hydrogen-bond donors (Lipinski definition) is 1. The summed E-state index contributed by atoms with van der Waals surface area (Å²) in [5, 5.41) is 8.32. The van der Waals surface area contributed by atoms with Gasteiger partial charge in [0.05, 0.1) is 25.8 Å². The first-order valence-corrected chi connectivity index (χ1v) is 11.5. The number of allylic oxidation sites excluding steroid dienone is 1. The molecule has 7 nitrogen and oxygen atoms in total. The minimum absolute atomic E-state index is 0.304. The second-order valence-corrected chi connectivity index (χ2v) is 8.37. The molecule has 2 heterocycles. The molecule has 35 heavy (non-hydrogen) atoms. The molecule has 1 aliphatic rings. The van der Waals surface area contributed by atoms with Crippen LogP contribution in [0.5, 0.6) is 11.5 Å². The molecular weight excluding hydrogens is 460 g/mol. The van der Waals surface area contributed by atoms with Crippen molar-refractivity contribution in [1.29, 1.82) is 0 Å². The Morgan fingerprint density at radius 2 is 1.66 bits per heavy atom. The van der Waals surface area contributed by atoms with E-state index in [1.54, 1.807) is 14.2 Å². The lowest BCUT2D eigenvalue weighted by Gasteiger charge is -2.37. The molecule has 0 bridgehead atoms. The Morgan fingerprint density at radius 3 is 2.37 bits per heavy atom. The van der Waals surface area contributed by atoms with Crippen LogP contribution in [0.1, 0.15) is 24.4 Å². The standard InChI is InChI=1S/C27H24N4O3S/c1-17-23(26-29-25(30-34-26)18-12-14-21(32-2)15-13-18)24(19-8-7-11-22(16-19)33-3)28-27(35)31(17)20-9-5-4-6-10-20/h4-16,24H,1-3H3,(H,28,35). The molecule has 8 heteroatoms. The maximum atomic E-state index is 5.82. The van der Waals surface area contributed by atoms with Crippen molar-refractivity contribution in [3.63, 3.8) is 0 Å². The molecule has 176 valence electrons. The molecule has 1 aliphatic heterocycles. The molecule has 4 aromatic rings. The SMILES string of the molecule is COc1ccc(-c2noc(C3=C(C)N(c4ccccc4)C(=S)NC3c3cccc(OC)c3)n2)cc1. The molecule has 0 amide bonds. The average molecular weight is 485 g/mol. The van der Waals surface area contributed by atoms with E-state index >= 15 is 0 Å². The Morgan fingerprint density at radius 1 is 0.914 bits per heavy atom. The number of methoxy groups -OCH3 is 2. The van der Waals surface area contributed by atoms with E-state index in [2.05, 4.69) is 10.5 Å².